The summed E-state index contributed by atoms with van der Waals surface area (Å²) in [4.78, 5) is 19.1. The lowest BCUT2D eigenvalue weighted by Crippen LogP contribution is -2.06. The Morgan fingerprint density at radius 2 is 2.00 bits per heavy atom. The molecule has 1 aromatic carbocycles. The molecule has 0 saturated carbocycles. The van der Waals surface area contributed by atoms with Gasteiger partial charge in [0, 0.05) is 5.56 Å². The first kappa shape index (κ1) is 16.7. The van der Waals surface area contributed by atoms with Crippen LogP contribution in [-0.2, 0) is 14.3 Å². The van der Waals surface area contributed by atoms with Crippen LogP contribution >= 0.6 is 11.6 Å². The maximum atomic E-state index is 13.9. The Bertz CT molecular complexity index is 752. The molecule has 6 nitrogen and oxygen atoms in total. The van der Waals surface area contributed by atoms with Crippen LogP contribution in [0.3, 0.4) is 0 Å². The summed E-state index contributed by atoms with van der Waals surface area (Å²) >= 11 is 5.59. The Morgan fingerprint density at radius 3 is 2.70 bits per heavy atom. The van der Waals surface area contributed by atoms with E-state index < -0.39 is 11.8 Å². The van der Waals surface area contributed by atoms with E-state index in [1.165, 1.54) is 26.5 Å². The summed E-state index contributed by atoms with van der Waals surface area (Å²) in [5.74, 6) is -1.72. The van der Waals surface area contributed by atoms with E-state index in [1.54, 1.807) is 18.2 Å². The number of rotatable bonds is 5. The molecule has 2 rings (SSSR count). The summed E-state index contributed by atoms with van der Waals surface area (Å²) in [5, 5.41) is -0.367. The second kappa shape index (κ2) is 7.55. The Kier molecular flexibility index (Phi) is 5.48. The fourth-order valence-electron chi connectivity index (χ4n) is 1.74. The minimum absolute atomic E-state index is 0.103. The highest BCUT2D eigenvalue weighted by atomic mass is 35.5. The molecule has 2 aromatic rings. The van der Waals surface area contributed by atoms with Crippen molar-refractivity contribution in [1.82, 2.24) is 9.97 Å². The number of methoxy groups -OCH3 is 2. The van der Waals surface area contributed by atoms with E-state index in [1.807, 2.05) is 0 Å². The molecule has 0 amide bonds. The molecule has 1 aromatic heterocycles. The number of ether oxygens (including phenoxy) is 3. The van der Waals surface area contributed by atoms with Crippen molar-refractivity contribution in [2.75, 3.05) is 14.2 Å². The van der Waals surface area contributed by atoms with Crippen molar-refractivity contribution in [3.05, 3.63) is 53.4 Å². The zero-order valence-corrected chi connectivity index (χ0v) is 13.0. The Morgan fingerprint density at radius 1 is 1.26 bits per heavy atom. The second-order valence-electron chi connectivity index (χ2n) is 4.14. The molecule has 0 saturated heterocycles. The summed E-state index contributed by atoms with van der Waals surface area (Å²) in [7, 11) is 2.62. The predicted octanol–water partition coefficient (Wildman–Crippen LogP) is 3.22. The van der Waals surface area contributed by atoms with Crippen molar-refractivity contribution in [2.24, 2.45) is 0 Å². The number of hydrogen-bond acceptors (Lipinski definition) is 6. The van der Waals surface area contributed by atoms with Gasteiger partial charge in [-0.1, -0.05) is 29.8 Å². The zero-order valence-electron chi connectivity index (χ0n) is 12.2. The Balaban J connectivity index is 2.47. The summed E-state index contributed by atoms with van der Waals surface area (Å²) in [5.41, 5.74) is 0.446. The normalized spacial score (nSPS) is 11.0. The van der Waals surface area contributed by atoms with Crippen LogP contribution in [-0.4, -0.2) is 30.2 Å². The van der Waals surface area contributed by atoms with Gasteiger partial charge in [-0.3, -0.25) is 0 Å². The summed E-state index contributed by atoms with van der Waals surface area (Å²) in [6.07, 6.45) is 2.27. The molecule has 0 radical (unpaired) electrons. The molecular formula is C15H12ClFN2O4. The van der Waals surface area contributed by atoms with Crippen molar-refractivity contribution in [3.8, 4) is 11.6 Å². The molecule has 1 heterocycles. The highest BCUT2D eigenvalue weighted by Gasteiger charge is 2.20. The van der Waals surface area contributed by atoms with Crippen molar-refractivity contribution in [3.63, 3.8) is 0 Å². The van der Waals surface area contributed by atoms with Crippen LogP contribution in [0.1, 0.15) is 5.56 Å². The molecule has 8 heteroatoms. The van der Waals surface area contributed by atoms with Gasteiger partial charge in [-0.2, -0.15) is 9.37 Å². The van der Waals surface area contributed by atoms with Gasteiger partial charge in [0.15, 0.2) is 5.15 Å². The van der Waals surface area contributed by atoms with Crippen molar-refractivity contribution in [1.29, 1.82) is 0 Å². The van der Waals surface area contributed by atoms with E-state index in [0.29, 0.717) is 5.56 Å². The van der Waals surface area contributed by atoms with Gasteiger partial charge in [-0.15, -0.1) is 0 Å². The Hall–Kier alpha value is -2.67. The monoisotopic (exact) mass is 338 g/mol. The van der Waals surface area contributed by atoms with Gasteiger partial charge in [0.1, 0.15) is 17.6 Å². The highest BCUT2D eigenvalue weighted by molar-refractivity contribution is 6.29. The van der Waals surface area contributed by atoms with Crippen molar-refractivity contribution in [2.45, 2.75) is 0 Å². The standard InChI is InChI=1S/C15H12ClFN2O4/c1-21-7-10(15(20)22-2)9-5-3-4-6-11(9)23-14-12(17)13(16)18-8-19-14/h3-8H,1-2H3/b10-7+. The lowest BCUT2D eigenvalue weighted by molar-refractivity contribution is -0.133. The number of benzene rings is 1. The third-order valence-electron chi connectivity index (χ3n) is 2.74. The number of para-hydroxylation sites is 1. The molecular weight excluding hydrogens is 327 g/mol. The van der Waals surface area contributed by atoms with Gasteiger partial charge in [-0.05, 0) is 6.07 Å². The zero-order chi connectivity index (χ0) is 16.8. The van der Waals surface area contributed by atoms with E-state index in [-0.39, 0.29) is 22.4 Å². The maximum Gasteiger partial charge on any atom is 0.341 e. The lowest BCUT2D eigenvalue weighted by Gasteiger charge is -2.12. The van der Waals surface area contributed by atoms with Crippen LogP contribution < -0.4 is 4.74 Å². The van der Waals surface area contributed by atoms with Crippen LogP contribution in [0.25, 0.3) is 5.57 Å². The minimum Gasteiger partial charge on any atom is -0.503 e. The number of hydrogen-bond donors (Lipinski definition) is 0. The maximum absolute atomic E-state index is 13.9. The van der Waals surface area contributed by atoms with Gasteiger partial charge >= 0.3 is 5.97 Å². The van der Waals surface area contributed by atoms with Crippen LogP contribution in [0.15, 0.2) is 36.9 Å². The van der Waals surface area contributed by atoms with E-state index in [0.717, 1.165) is 6.33 Å². The first-order valence-corrected chi connectivity index (χ1v) is 6.70. The minimum atomic E-state index is -0.903. The Labute approximate surface area is 136 Å². The molecule has 0 aliphatic rings. The molecule has 23 heavy (non-hydrogen) atoms. The number of halogens is 2. The van der Waals surface area contributed by atoms with E-state index in [4.69, 9.17) is 25.8 Å². The molecule has 0 bridgehead atoms. The van der Waals surface area contributed by atoms with Gasteiger partial charge in [0.2, 0.25) is 5.82 Å². The van der Waals surface area contributed by atoms with Crippen LogP contribution in [0.4, 0.5) is 4.39 Å². The van der Waals surface area contributed by atoms with Crippen molar-refractivity contribution >= 4 is 23.1 Å². The molecule has 0 fully saturated rings. The molecule has 0 aliphatic carbocycles. The van der Waals surface area contributed by atoms with Crippen molar-refractivity contribution < 1.29 is 23.4 Å². The molecule has 0 atom stereocenters. The largest absolute Gasteiger partial charge is 0.503 e. The first-order valence-electron chi connectivity index (χ1n) is 6.33. The van der Waals surface area contributed by atoms with E-state index in [2.05, 4.69) is 9.97 Å². The topological polar surface area (TPSA) is 70.5 Å². The fourth-order valence-corrected chi connectivity index (χ4v) is 1.86. The molecule has 120 valence electrons. The average molecular weight is 339 g/mol. The van der Waals surface area contributed by atoms with Crippen LogP contribution in [0.5, 0.6) is 11.6 Å². The third kappa shape index (κ3) is 3.75. The van der Waals surface area contributed by atoms with Crippen LogP contribution in [0, 0.1) is 5.82 Å². The SMILES string of the molecule is CO/C=C(/C(=O)OC)c1ccccc1Oc1ncnc(Cl)c1F. The number of aromatic nitrogens is 2. The number of nitrogens with zero attached hydrogens (tertiary/aromatic N) is 2. The first-order chi connectivity index (χ1) is 11.1. The molecule has 0 unspecified atom stereocenters. The average Bonchev–Trinajstić information content (AvgIpc) is 2.57. The lowest BCUT2D eigenvalue weighted by atomic mass is 10.1. The van der Waals surface area contributed by atoms with E-state index in [9.17, 15) is 9.18 Å². The third-order valence-corrected chi connectivity index (χ3v) is 3.00. The van der Waals surface area contributed by atoms with Gasteiger partial charge in [0.25, 0.3) is 5.88 Å². The fraction of sp³-hybridized carbons (Fsp3) is 0.133. The summed E-state index contributed by atoms with van der Waals surface area (Å²) in [6, 6.07) is 6.47. The van der Waals surface area contributed by atoms with Crippen LogP contribution in [0.2, 0.25) is 5.15 Å². The second-order valence-corrected chi connectivity index (χ2v) is 4.50. The predicted molar refractivity (Wildman–Crippen MR) is 80.5 cm³/mol. The molecule has 0 N–H and O–H groups in total. The quantitative estimate of drug-likeness (QED) is 0.361. The molecule has 0 aliphatic heterocycles. The van der Waals surface area contributed by atoms with E-state index >= 15 is 0 Å². The number of carbonyl (C=O) groups excluding carboxylic acids is 1. The smallest absolute Gasteiger partial charge is 0.341 e. The molecule has 0 spiro atoms. The van der Waals surface area contributed by atoms with Gasteiger partial charge in [0.05, 0.1) is 20.5 Å². The summed E-state index contributed by atoms with van der Waals surface area (Å²) in [6.45, 7) is 0. The summed E-state index contributed by atoms with van der Waals surface area (Å²) < 4.78 is 28.9. The van der Waals surface area contributed by atoms with Gasteiger partial charge in [-0.25, -0.2) is 9.78 Å². The van der Waals surface area contributed by atoms with Gasteiger partial charge < -0.3 is 14.2 Å². The number of esters is 1. The highest BCUT2D eigenvalue weighted by Crippen LogP contribution is 2.32. The number of carbonyl (C=O) groups is 1.